The molecule has 0 spiro atoms. The molecule has 0 radical (unpaired) electrons. The van der Waals surface area contributed by atoms with Crippen LogP contribution in [0.3, 0.4) is 0 Å². The second-order valence-electron chi connectivity index (χ2n) is 5.83. The van der Waals surface area contributed by atoms with Crippen molar-refractivity contribution in [1.82, 2.24) is 14.9 Å². The van der Waals surface area contributed by atoms with E-state index in [-0.39, 0.29) is 5.91 Å². The number of fused-ring (bicyclic) bond motifs is 1. The van der Waals surface area contributed by atoms with Gasteiger partial charge in [0.1, 0.15) is 5.58 Å². The van der Waals surface area contributed by atoms with Crippen molar-refractivity contribution < 1.29 is 9.21 Å². The smallest absolute Gasteiger partial charge is 0.224 e. The first-order chi connectivity index (χ1) is 11.1. The van der Waals surface area contributed by atoms with Gasteiger partial charge in [-0.25, -0.2) is 4.98 Å². The van der Waals surface area contributed by atoms with Gasteiger partial charge in [0, 0.05) is 36.4 Å². The number of aromatic nitrogens is 2. The van der Waals surface area contributed by atoms with Crippen molar-refractivity contribution in [3.05, 3.63) is 53.8 Å². The maximum Gasteiger partial charge on any atom is 0.224 e. The lowest BCUT2D eigenvalue weighted by Crippen LogP contribution is -2.26. The van der Waals surface area contributed by atoms with Crippen LogP contribution in [0.2, 0.25) is 0 Å². The maximum atomic E-state index is 12.1. The van der Waals surface area contributed by atoms with Crippen LogP contribution < -0.4 is 5.32 Å². The molecule has 0 aliphatic heterocycles. The molecule has 3 rings (SSSR count). The second kappa shape index (κ2) is 6.69. The molecule has 2 heterocycles. The number of hydrogen-bond donors (Lipinski definition) is 1. The highest BCUT2D eigenvalue weighted by molar-refractivity contribution is 5.89. The lowest BCUT2D eigenvalue weighted by Gasteiger charge is -2.05. The minimum absolute atomic E-state index is 0.0246. The standard InChI is InChI=1S/C18H21N3O2/c1-13-4-5-16-15(11-23-18(16)14(13)2)10-17(22)20-6-3-8-21-9-7-19-12-21/h4-5,7,9,11-12H,3,6,8,10H2,1-2H3,(H,20,22). The fourth-order valence-corrected chi connectivity index (χ4v) is 2.67. The third kappa shape index (κ3) is 3.44. The Kier molecular flexibility index (Phi) is 4.46. The number of carbonyl (C=O) groups excluding carboxylic acids is 1. The van der Waals surface area contributed by atoms with E-state index in [0.717, 1.165) is 35.1 Å². The molecule has 23 heavy (non-hydrogen) atoms. The number of benzene rings is 1. The first kappa shape index (κ1) is 15.3. The van der Waals surface area contributed by atoms with E-state index in [1.807, 2.05) is 23.8 Å². The van der Waals surface area contributed by atoms with Gasteiger partial charge in [0.05, 0.1) is 19.0 Å². The monoisotopic (exact) mass is 311 g/mol. The fourth-order valence-electron chi connectivity index (χ4n) is 2.67. The highest BCUT2D eigenvalue weighted by atomic mass is 16.3. The number of imidazole rings is 1. The summed E-state index contributed by atoms with van der Waals surface area (Å²) in [4.78, 5) is 16.1. The van der Waals surface area contributed by atoms with Crippen LogP contribution in [0.1, 0.15) is 23.1 Å². The van der Waals surface area contributed by atoms with Gasteiger partial charge in [-0.3, -0.25) is 4.79 Å². The minimum atomic E-state index is 0.0246. The van der Waals surface area contributed by atoms with Crippen LogP contribution in [0.25, 0.3) is 11.0 Å². The third-order valence-corrected chi connectivity index (χ3v) is 4.17. The fraction of sp³-hybridized carbons (Fsp3) is 0.333. The van der Waals surface area contributed by atoms with E-state index in [1.54, 1.807) is 18.8 Å². The molecule has 1 N–H and O–H groups in total. The van der Waals surface area contributed by atoms with Crippen molar-refractivity contribution in [3.8, 4) is 0 Å². The number of amides is 1. The van der Waals surface area contributed by atoms with Gasteiger partial charge < -0.3 is 14.3 Å². The van der Waals surface area contributed by atoms with Gasteiger partial charge in [0.15, 0.2) is 0 Å². The minimum Gasteiger partial charge on any atom is -0.464 e. The molecule has 5 heteroatoms. The molecule has 120 valence electrons. The van der Waals surface area contributed by atoms with Gasteiger partial charge in [-0.05, 0) is 31.4 Å². The van der Waals surface area contributed by atoms with Crippen LogP contribution in [0.5, 0.6) is 0 Å². The van der Waals surface area contributed by atoms with Crippen LogP contribution in [-0.4, -0.2) is 22.0 Å². The summed E-state index contributed by atoms with van der Waals surface area (Å²) in [6.45, 7) is 5.61. The molecule has 0 unspecified atom stereocenters. The highest BCUT2D eigenvalue weighted by Gasteiger charge is 2.12. The van der Waals surface area contributed by atoms with Crippen LogP contribution >= 0.6 is 0 Å². The van der Waals surface area contributed by atoms with E-state index in [9.17, 15) is 4.79 Å². The zero-order valence-electron chi connectivity index (χ0n) is 13.5. The Labute approximate surface area is 135 Å². The summed E-state index contributed by atoms with van der Waals surface area (Å²) < 4.78 is 7.65. The number of aryl methyl sites for hydroxylation is 3. The molecular formula is C18H21N3O2. The number of rotatable bonds is 6. The Bertz CT molecular complexity index is 803. The Hall–Kier alpha value is -2.56. The zero-order valence-corrected chi connectivity index (χ0v) is 13.5. The topological polar surface area (TPSA) is 60.1 Å². The number of nitrogens with one attached hydrogen (secondary N) is 1. The molecule has 0 atom stereocenters. The Balaban J connectivity index is 1.55. The van der Waals surface area contributed by atoms with Crippen LogP contribution in [0, 0.1) is 13.8 Å². The Morgan fingerprint density at radius 1 is 1.35 bits per heavy atom. The molecule has 0 saturated carbocycles. The van der Waals surface area contributed by atoms with Gasteiger partial charge in [0.25, 0.3) is 0 Å². The summed E-state index contributed by atoms with van der Waals surface area (Å²) in [5.74, 6) is 0.0246. The van der Waals surface area contributed by atoms with E-state index in [2.05, 4.69) is 23.3 Å². The van der Waals surface area contributed by atoms with Gasteiger partial charge in [-0.2, -0.15) is 0 Å². The average molecular weight is 311 g/mol. The predicted octanol–water partition coefficient (Wildman–Crippen LogP) is 3.00. The van der Waals surface area contributed by atoms with Crippen molar-refractivity contribution in [2.75, 3.05) is 6.54 Å². The van der Waals surface area contributed by atoms with E-state index in [0.29, 0.717) is 13.0 Å². The zero-order chi connectivity index (χ0) is 16.2. The molecule has 0 saturated heterocycles. The van der Waals surface area contributed by atoms with Crippen LogP contribution in [0.15, 0.2) is 41.5 Å². The molecule has 0 aliphatic carbocycles. The molecule has 1 aromatic carbocycles. The van der Waals surface area contributed by atoms with Gasteiger partial charge in [0.2, 0.25) is 5.91 Å². The largest absolute Gasteiger partial charge is 0.464 e. The van der Waals surface area contributed by atoms with Crippen molar-refractivity contribution in [2.24, 2.45) is 0 Å². The van der Waals surface area contributed by atoms with E-state index < -0.39 is 0 Å². The number of hydrogen-bond acceptors (Lipinski definition) is 3. The van der Waals surface area contributed by atoms with Crippen LogP contribution in [0.4, 0.5) is 0 Å². The highest BCUT2D eigenvalue weighted by Crippen LogP contribution is 2.26. The molecule has 2 aromatic heterocycles. The quantitative estimate of drug-likeness (QED) is 0.712. The van der Waals surface area contributed by atoms with E-state index in [4.69, 9.17) is 4.42 Å². The first-order valence-electron chi connectivity index (χ1n) is 7.84. The third-order valence-electron chi connectivity index (χ3n) is 4.17. The summed E-state index contributed by atoms with van der Waals surface area (Å²) in [6, 6.07) is 4.10. The van der Waals surface area contributed by atoms with E-state index in [1.165, 1.54) is 5.56 Å². The van der Waals surface area contributed by atoms with Crippen molar-refractivity contribution in [2.45, 2.75) is 33.2 Å². The first-order valence-corrected chi connectivity index (χ1v) is 7.84. The summed E-state index contributed by atoms with van der Waals surface area (Å²) in [5, 5.41) is 3.99. The molecule has 1 amide bonds. The van der Waals surface area contributed by atoms with Gasteiger partial charge in [-0.1, -0.05) is 12.1 Å². The molecule has 0 bridgehead atoms. The molecule has 3 aromatic rings. The molecule has 0 aliphatic rings. The average Bonchev–Trinajstić information content (AvgIpc) is 3.18. The Morgan fingerprint density at radius 2 is 2.22 bits per heavy atom. The van der Waals surface area contributed by atoms with Crippen LogP contribution in [-0.2, 0) is 17.8 Å². The van der Waals surface area contributed by atoms with Gasteiger partial charge in [-0.15, -0.1) is 0 Å². The number of furan rings is 1. The summed E-state index contributed by atoms with van der Waals surface area (Å²) in [5.41, 5.74) is 4.15. The second-order valence-corrected chi connectivity index (χ2v) is 5.83. The molecular weight excluding hydrogens is 290 g/mol. The maximum absolute atomic E-state index is 12.1. The number of nitrogens with zero attached hydrogens (tertiary/aromatic N) is 2. The predicted molar refractivity (Wildman–Crippen MR) is 89.2 cm³/mol. The summed E-state index contributed by atoms with van der Waals surface area (Å²) >= 11 is 0. The van der Waals surface area contributed by atoms with Gasteiger partial charge >= 0.3 is 0 Å². The SMILES string of the molecule is Cc1ccc2c(CC(=O)NCCCn3ccnc3)coc2c1C. The van der Waals surface area contributed by atoms with Crippen molar-refractivity contribution >= 4 is 16.9 Å². The number of carbonyl (C=O) groups is 1. The molecule has 0 fully saturated rings. The lowest BCUT2D eigenvalue weighted by molar-refractivity contribution is -0.120. The summed E-state index contributed by atoms with van der Waals surface area (Å²) in [6.07, 6.45) is 8.38. The normalized spacial score (nSPS) is 11.0. The molecule has 5 nitrogen and oxygen atoms in total. The summed E-state index contributed by atoms with van der Waals surface area (Å²) in [7, 11) is 0. The van der Waals surface area contributed by atoms with Crippen molar-refractivity contribution in [1.29, 1.82) is 0 Å². The lowest BCUT2D eigenvalue weighted by atomic mass is 10.0. The Morgan fingerprint density at radius 3 is 3.00 bits per heavy atom. The van der Waals surface area contributed by atoms with E-state index >= 15 is 0 Å². The van der Waals surface area contributed by atoms with Crippen molar-refractivity contribution in [3.63, 3.8) is 0 Å².